The lowest BCUT2D eigenvalue weighted by Gasteiger charge is -2.32. The number of nitrogens with one attached hydrogen (secondary N) is 1. The molecule has 0 aromatic carbocycles. The molecule has 112 valence electrons. The van der Waals surface area contributed by atoms with Gasteiger partial charge in [-0.1, -0.05) is 13.8 Å². The maximum atomic E-state index is 12.3. The molecule has 20 heavy (non-hydrogen) atoms. The van der Waals surface area contributed by atoms with Crippen molar-refractivity contribution in [3.8, 4) is 0 Å². The van der Waals surface area contributed by atoms with Crippen LogP contribution in [-0.4, -0.2) is 27.0 Å². The van der Waals surface area contributed by atoms with Crippen LogP contribution >= 0.6 is 15.9 Å². The minimum absolute atomic E-state index is 0.0254. The van der Waals surface area contributed by atoms with Crippen molar-refractivity contribution in [2.45, 2.75) is 51.6 Å². The molecule has 0 aliphatic heterocycles. The van der Waals surface area contributed by atoms with Crippen LogP contribution in [0.25, 0.3) is 0 Å². The van der Waals surface area contributed by atoms with Crippen LogP contribution in [0.2, 0.25) is 0 Å². The number of rotatable bonds is 7. The molecule has 0 unspecified atom stereocenters. The number of aliphatic hydroxyl groups is 1. The van der Waals surface area contributed by atoms with Crippen molar-refractivity contribution in [2.75, 3.05) is 11.9 Å². The zero-order valence-corrected chi connectivity index (χ0v) is 13.6. The summed E-state index contributed by atoms with van der Waals surface area (Å²) in [6.45, 7) is 4.76. The van der Waals surface area contributed by atoms with Gasteiger partial charge < -0.3 is 10.4 Å². The van der Waals surface area contributed by atoms with E-state index in [-0.39, 0.29) is 12.2 Å². The summed E-state index contributed by atoms with van der Waals surface area (Å²) in [5, 5.41) is 17.1. The summed E-state index contributed by atoms with van der Waals surface area (Å²) in [4.78, 5) is 12.3. The second kappa shape index (κ2) is 6.26. The van der Waals surface area contributed by atoms with Crippen LogP contribution in [0.15, 0.2) is 15.5 Å². The Balaban J connectivity index is 2.24. The van der Waals surface area contributed by atoms with E-state index < -0.39 is 5.54 Å². The lowest BCUT2D eigenvalue weighted by molar-refractivity contribution is 0.202. The molecule has 0 bridgehead atoms. The number of hydrogen-bond donors (Lipinski definition) is 2. The van der Waals surface area contributed by atoms with E-state index in [1.54, 1.807) is 6.20 Å². The topological polar surface area (TPSA) is 67.2 Å². The molecule has 2 N–H and O–H groups in total. The summed E-state index contributed by atoms with van der Waals surface area (Å²) < 4.78 is 2.01. The molecular formula is C14H22BrN3O2. The van der Waals surface area contributed by atoms with E-state index in [2.05, 4.69) is 26.3 Å². The monoisotopic (exact) mass is 343 g/mol. The first-order valence-electron chi connectivity index (χ1n) is 7.20. The van der Waals surface area contributed by atoms with Crippen LogP contribution < -0.4 is 10.9 Å². The summed E-state index contributed by atoms with van der Waals surface area (Å²) in [6.07, 6.45) is 5.59. The highest BCUT2D eigenvalue weighted by molar-refractivity contribution is 9.10. The van der Waals surface area contributed by atoms with Crippen LogP contribution in [0.4, 0.5) is 5.69 Å². The first kappa shape index (κ1) is 15.5. The molecule has 1 fully saturated rings. The molecule has 5 nitrogen and oxygen atoms in total. The average Bonchev–Trinajstić information content (AvgIpc) is 3.28. The third-order valence-electron chi connectivity index (χ3n) is 4.17. The predicted octanol–water partition coefficient (Wildman–Crippen LogP) is 2.38. The van der Waals surface area contributed by atoms with Crippen LogP contribution in [0.5, 0.6) is 0 Å². The number of anilines is 1. The molecular weight excluding hydrogens is 322 g/mol. The smallest absolute Gasteiger partial charge is 0.283 e. The van der Waals surface area contributed by atoms with Gasteiger partial charge in [0.1, 0.15) is 4.47 Å². The van der Waals surface area contributed by atoms with Gasteiger partial charge in [0.05, 0.1) is 24.0 Å². The van der Waals surface area contributed by atoms with Gasteiger partial charge in [-0.25, -0.2) is 4.68 Å². The summed E-state index contributed by atoms with van der Waals surface area (Å²) in [7, 11) is 0. The molecule has 0 saturated heterocycles. The molecule has 1 saturated carbocycles. The molecule has 0 radical (unpaired) electrons. The lowest BCUT2D eigenvalue weighted by atomic mass is 9.93. The molecule has 1 aliphatic carbocycles. The van der Waals surface area contributed by atoms with Crippen LogP contribution in [0, 0.1) is 5.92 Å². The second-order valence-corrected chi connectivity index (χ2v) is 6.37. The summed E-state index contributed by atoms with van der Waals surface area (Å²) >= 11 is 3.36. The Bertz CT molecular complexity index is 513. The Morgan fingerprint density at radius 2 is 2.15 bits per heavy atom. The number of halogens is 1. The van der Waals surface area contributed by atoms with E-state index in [1.165, 1.54) is 17.5 Å². The van der Waals surface area contributed by atoms with Crippen molar-refractivity contribution >= 4 is 21.6 Å². The SMILES string of the molecule is CCC(CC)(CO)Nc1cnn(CC2CC2)c(=O)c1Br. The summed E-state index contributed by atoms with van der Waals surface area (Å²) in [6, 6.07) is 0. The van der Waals surface area contributed by atoms with Gasteiger partial charge in [0.2, 0.25) is 0 Å². The number of aliphatic hydroxyl groups excluding tert-OH is 1. The van der Waals surface area contributed by atoms with Crippen molar-refractivity contribution in [3.05, 3.63) is 21.0 Å². The van der Waals surface area contributed by atoms with Crippen LogP contribution in [0.3, 0.4) is 0 Å². The Morgan fingerprint density at radius 3 is 2.65 bits per heavy atom. The van der Waals surface area contributed by atoms with Crippen molar-refractivity contribution in [1.82, 2.24) is 9.78 Å². The van der Waals surface area contributed by atoms with Gasteiger partial charge in [0, 0.05) is 6.54 Å². The van der Waals surface area contributed by atoms with Gasteiger partial charge in [0.15, 0.2) is 0 Å². The summed E-state index contributed by atoms with van der Waals surface area (Å²) in [5.41, 5.74) is 0.139. The standard InChI is InChI=1S/C14H22BrN3O2/c1-3-14(4-2,9-19)17-11-7-16-18(8-10-5-6-10)13(20)12(11)15/h7,10,17,19H,3-6,8-9H2,1-2H3. The molecule has 0 atom stereocenters. The maximum absolute atomic E-state index is 12.3. The molecule has 0 amide bonds. The minimum Gasteiger partial charge on any atom is -0.394 e. The van der Waals surface area contributed by atoms with E-state index in [1.807, 2.05) is 13.8 Å². The third kappa shape index (κ3) is 3.23. The molecule has 6 heteroatoms. The highest BCUT2D eigenvalue weighted by Gasteiger charge is 2.27. The van der Waals surface area contributed by atoms with Gasteiger partial charge in [-0.15, -0.1) is 0 Å². The van der Waals surface area contributed by atoms with Crippen molar-refractivity contribution in [3.63, 3.8) is 0 Å². The van der Waals surface area contributed by atoms with E-state index >= 15 is 0 Å². The lowest BCUT2D eigenvalue weighted by Crippen LogP contribution is -2.41. The Labute approximate surface area is 127 Å². The molecule has 2 rings (SSSR count). The first-order valence-corrected chi connectivity index (χ1v) is 7.99. The highest BCUT2D eigenvalue weighted by atomic mass is 79.9. The average molecular weight is 344 g/mol. The number of aromatic nitrogens is 2. The van der Waals surface area contributed by atoms with Gasteiger partial charge in [-0.05, 0) is 47.5 Å². The predicted molar refractivity (Wildman–Crippen MR) is 82.9 cm³/mol. The molecule has 1 heterocycles. The largest absolute Gasteiger partial charge is 0.394 e. The van der Waals surface area contributed by atoms with E-state index in [9.17, 15) is 9.90 Å². The normalized spacial score (nSPS) is 15.4. The fraction of sp³-hybridized carbons (Fsp3) is 0.714. The number of nitrogens with zero attached hydrogens (tertiary/aromatic N) is 2. The van der Waals surface area contributed by atoms with E-state index in [4.69, 9.17) is 0 Å². The molecule has 1 aliphatic rings. The molecule has 1 aromatic heterocycles. The van der Waals surface area contributed by atoms with E-state index in [0.29, 0.717) is 22.6 Å². The highest BCUT2D eigenvalue weighted by Crippen LogP contribution is 2.30. The van der Waals surface area contributed by atoms with Crippen molar-refractivity contribution in [1.29, 1.82) is 0 Å². The van der Waals surface area contributed by atoms with Crippen LogP contribution in [0.1, 0.15) is 39.5 Å². The van der Waals surface area contributed by atoms with Gasteiger partial charge >= 0.3 is 0 Å². The fourth-order valence-corrected chi connectivity index (χ4v) is 2.61. The van der Waals surface area contributed by atoms with E-state index in [0.717, 1.165) is 12.8 Å². The van der Waals surface area contributed by atoms with Crippen LogP contribution in [-0.2, 0) is 6.54 Å². The zero-order valence-electron chi connectivity index (χ0n) is 12.0. The van der Waals surface area contributed by atoms with Gasteiger partial charge in [-0.3, -0.25) is 4.79 Å². The number of hydrogen-bond acceptors (Lipinski definition) is 4. The Morgan fingerprint density at radius 1 is 1.50 bits per heavy atom. The zero-order chi connectivity index (χ0) is 14.8. The Kier molecular flexibility index (Phi) is 4.86. The molecule has 1 aromatic rings. The quantitative estimate of drug-likeness (QED) is 0.797. The Hall–Kier alpha value is -0.880. The van der Waals surface area contributed by atoms with Gasteiger partial charge in [0.25, 0.3) is 5.56 Å². The minimum atomic E-state index is -0.403. The van der Waals surface area contributed by atoms with Gasteiger partial charge in [-0.2, -0.15) is 5.10 Å². The van der Waals surface area contributed by atoms with Crippen molar-refractivity contribution < 1.29 is 5.11 Å². The summed E-state index contributed by atoms with van der Waals surface area (Å²) in [5.74, 6) is 0.605. The maximum Gasteiger partial charge on any atom is 0.283 e. The second-order valence-electron chi connectivity index (χ2n) is 5.57. The first-order chi connectivity index (χ1) is 9.55. The third-order valence-corrected chi connectivity index (χ3v) is 4.94. The fourth-order valence-electron chi connectivity index (χ4n) is 2.20. The molecule has 0 spiro atoms. The van der Waals surface area contributed by atoms with Crippen molar-refractivity contribution in [2.24, 2.45) is 5.92 Å².